The van der Waals surface area contributed by atoms with Crippen molar-refractivity contribution in [1.82, 2.24) is 9.97 Å². The second kappa shape index (κ2) is 10.2. The van der Waals surface area contributed by atoms with Crippen molar-refractivity contribution in [3.63, 3.8) is 0 Å². The second-order valence-corrected chi connectivity index (χ2v) is 16.9. The molecule has 0 spiro atoms. The predicted octanol–water partition coefficient (Wildman–Crippen LogP) is 7.84. The fourth-order valence-corrected chi connectivity index (χ4v) is 10.8. The van der Waals surface area contributed by atoms with E-state index in [1.54, 1.807) is 0 Å². The zero-order chi connectivity index (χ0) is 24.3. The standard InChI is InChI=1S/C30H36N2P2/c1-29(2,3)34(30(4,5)6)22-28-24(16-15-23-11-7-8-14-27(23)28)21-33(25-12-9-17-31-19-25)26-13-10-18-32-20-26/h7-20H,21-22H2,1-6H3. The lowest BCUT2D eigenvalue weighted by molar-refractivity contribution is 0.703. The van der Waals surface area contributed by atoms with Crippen LogP contribution in [0.3, 0.4) is 0 Å². The van der Waals surface area contributed by atoms with E-state index in [9.17, 15) is 0 Å². The van der Waals surface area contributed by atoms with Crippen LogP contribution in [0.25, 0.3) is 10.8 Å². The van der Waals surface area contributed by atoms with E-state index >= 15 is 0 Å². The number of pyridine rings is 2. The van der Waals surface area contributed by atoms with Crippen LogP contribution in [-0.2, 0) is 12.3 Å². The quantitative estimate of drug-likeness (QED) is 0.260. The van der Waals surface area contributed by atoms with Crippen molar-refractivity contribution in [1.29, 1.82) is 0 Å². The molecule has 0 unspecified atom stereocenters. The highest BCUT2D eigenvalue weighted by molar-refractivity contribution is 7.72. The van der Waals surface area contributed by atoms with Crippen LogP contribution in [-0.4, -0.2) is 20.3 Å². The van der Waals surface area contributed by atoms with Gasteiger partial charge in [-0.2, -0.15) is 0 Å². The summed E-state index contributed by atoms with van der Waals surface area (Å²) in [5, 5.41) is 5.91. The van der Waals surface area contributed by atoms with E-state index in [1.807, 2.05) is 24.8 Å². The summed E-state index contributed by atoms with van der Waals surface area (Å²) >= 11 is 0. The normalized spacial score (nSPS) is 12.6. The first kappa shape index (κ1) is 25.0. The van der Waals surface area contributed by atoms with Crippen molar-refractivity contribution < 1.29 is 0 Å². The summed E-state index contributed by atoms with van der Waals surface area (Å²) in [6.07, 6.45) is 9.95. The maximum atomic E-state index is 4.46. The van der Waals surface area contributed by atoms with Gasteiger partial charge in [0, 0.05) is 30.9 Å². The number of benzene rings is 2. The molecule has 0 fully saturated rings. The van der Waals surface area contributed by atoms with Crippen LogP contribution in [0.2, 0.25) is 0 Å². The Morgan fingerprint density at radius 3 is 1.76 bits per heavy atom. The molecule has 0 amide bonds. The SMILES string of the molecule is CC(C)(C)P(Cc1c(CP(c2cccnc2)c2cccnc2)ccc2ccccc12)C(C)(C)C. The molecule has 4 aromatic rings. The molecule has 0 atom stereocenters. The maximum Gasteiger partial charge on any atom is 0.0348 e. The van der Waals surface area contributed by atoms with Crippen LogP contribution in [0, 0.1) is 0 Å². The largest absolute Gasteiger partial charge is 0.264 e. The zero-order valence-electron chi connectivity index (χ0n) is 21.3. The van der Waals surface area contributed by atoms with Crippen molar-refractivity contribution in [2.24, 2.45) is 0 Å². The van der Waals surface area contributed by atoms with E-state index in [2.05, 4.69) is 112 Å². The van der Waals surface area contributed by atoms with E-state index in [4.69, 9.17) is 0 Å². The van der Waals surface area contributed by atoms with Crippen LogP contribution in [0.4, 0.5) is 0 Å². The summed E-state index contributed by atoms with van der Waals surface area (Å²) in [5.41, 5.74) is 3.01. The van der Waals surface area contributed by atoms with Crippen molar-refractivity contribution in [2.45, 2.75) is 64.2 Å². The molecule has 0 aliphatic heterocycles. The molecule has 34 heavy (non-hydrogen) atoms. The number of hydrogen-bond donors (Lipinski definition) is 0. The first-order chi connectivity index (χ1) is 16.1. The molecule has 0 aliphatic carbocycles. The Labute approximate surface area is 207 Å². The highest BCUT2D eigenvalue weighted by Crippen LogP contribution is 2.62. The molecule has 0 bridgehead atoms. The van der Waals surface area contributed by atoms with Crippen LogP contribution in [0.5, 0.6) is 0 Å². The summed E-state index contributed by atoms with van der Waals surface area (Å²) in [5.74, 6) is 0. The molecule has 4 heteroatoms. The van der Waals surface area contributed by atoms with Gasteiger partial charge < -0.3 is 0 Å². The first-order valence-corrected chi connectivity index (χ1v) is 15.0. The second-order valence-electron chi connectivity index (χ2n) is 10.9. The number of hydrogen-bond acceptors (Lipinski definition) is 2. The van der Waals surface area contributed by atoms with Gasteiger partial charge in [-0.05, 0) is 69.0 Å². The fraction of sp³-hybridized carbons (Fsp3) is 0.333. The minimum absolute atomic E-state index is 0.259. The van der Waals surface area contributed by atoms with Gasteiger partial charge in [-0.1, -0.05) is 98.0 Å². The van der Waals surface area contributed by atoms with Gasteiger partial charge in [0.25, 0.3) is 0 Å². The summed E-state index contributed by atoms with van der Waals surface area (Å²) in [6.45, 7) is 14.5. The van der Waals surface area contributed by atoms with Gasteiger partial charge in [-0.3, -0.25) is 9.97 Å². The average molecular weight is 487 g/mol. The molecule has 0 aliphatic rings. The topological polar surface area (TPSA) is 25.8 Å². The molecule has 176 valence electrons. The molecular formula is C30H36N2P2. The lowest BCUT2D eigenvalue weighted by Gasteiger charge is -2.42. The van der Waals surface area contributed by atoms with E-state index in [0.29, 0.717) is 0 Å². The number of fused-ring (bicyclic) bond motifs is 1. The van der Waals surface area contributed by atoms with E-state index in [-0.39, 0.29) is 18.2 Å². The van der Waals surface area contributed by atoms with Crippen LogP contribution in [0.1, 0.15) is 52.7 Å². The van der Waals surface area contributed by atoms with Crippen molar-refractivity contribution in [3.8, 4) is 0 Å². The Hall–Kier alpha value is -2.14. The van der Waals surface area contributed by atoms with Crippen molar-refractivity contribution in [3.05, 3.63) is 96.6 Å². The summed E-state index contributed by atoms with van der Waals surface area (Å²) in [6, 6.07) is 22.2. The molecule has 2 aromatic carbocycles. The molecular weight excluding hydrogens is 450 g/mol. The van der Waals surface area contributed by atoms with Crippen LogP contribution in [0.15, 0.2) is 85.5 Å². The van der Waals surface area contributed by atoms with Gasteiger partial charge in [0.2, 0.25) is 0 Å². The Kier molecular flexibility index (Phi) is 7.51. The molecule has 2 heterocycles. The van der Waals surface area contributed by atoms with Gasteiger partial charge in [0.15, 0.2) is 0 Å². The molecule has 0 saturated carbocycles. The van der Waals surface area contributed by atoms with Gasteiger partial charge in [0.1, 0.15) is 0 Å². The Balaban J connectivity index is 1.85. The van der Waals surface area contributed by atoms with Crippen molar-refractivity contribution >= 4 is 37.2 Å². The summed E-state index contributed by atoms with van der Waals surface area (Å²) < 4.78 is 0. The van der Waals surface area contributed by atoms with Gasteiger partial charge in [-0.25, -0.2) is 0 Å². The molecule has 2 aromatic heterocycles. The number of aromatic nitrogens is 2. The van der Waals surface area contributed by atoms with E-state index in [1.165, 1.54) is 32.5 Å². The number of rotatable bonds is 6. The average Bonchev–Trinajstić information content (AvgIpc) is 2.81. The minimum atomic E-state index is -0.598. The van der Waals surface area contributed by atoms with E-state index in [0.717, 1.165) is 12.3 Å². The smallest absolute Gasteiger partial charge is 0.0348 e. The number of nitrogens with zero attached hydrogens (tertiary/aromatic N) is 2. The third kappa shape index (κ3) is 5.73. The lowest BCUT2D eigenvalue weighted by atomic mass is 10.0. The van der Waals surface area contributed by atoms with Gasteiger partial charge >= 0.3 is 0 Å². The van der Waals surface area contributed by atoms with Crippen LogP contribution >= 0.6 is 15.8 Å². The molecule has 2 nitrogen and oxygen atoms in total. The minimum Gasteiger partial charge on any atom is -0.264 e. The third-order valence-corrected chi connectivity index (χ3v) is 12.6. The maximum absolute atomic E-state index is 4.46. The Bertz CT molecular complexity index is 1170. The molecule has 4 rings (SSSR count). The lowest BCUT2D eigenvalue weighted by Crippen LogP contribution is -2.26. The molecule has 0 radical (unpaired) electrons. The van der Waals surface area contributed by atoms with Crippen LogP contribution < -0.4 is 10.6 Å². The highest BCUT2D eigenvalue weighted by Gasteiger charge is 2.35. The monoisotopic (exact) mass is 486 g/mol. The predicted molar refractivity (Wildman–Crippen MR) is 152 cm³/mol. The van der Waals surface area contributed by atoms with E-state index < -0.39 is 7.92 Å². The Morgan fingerprint density at radius 2 is 1.24 bits per heavy atom. The molecule has 0 saturated heterocycles. The Morgan fingerprint density at radius 1 is 0.647 bits per heavy atom. The summed E-state index contributed by atoms with van der Waals surface area (Å²) in [4.78, 5) is 8.91. The summed E-state index contributed by atoms with van der Waals surface area (Å²) in [7, 11) is -0.857. The highest BCUT2D eigenvalue weighted by atomic mass is 31.1. The fourth-order valence-electron chi connectivity index (χ4n) is 4.88. The zero-order valence-corrected chi connectivity index (χ0v) is 23.1. The molecule has 0 N–H and O–H groups in total. The van der Waals surface area contributed by atoms with Crippen molar-refractivity contribution in [2.75, 3.05) is 0 Å². The first-order valence-electron chi connectivity index (χ1n) is 12.0. The van der Waals surface area contributed by atoms with Gasteiger partial charge in [0.05, 0.1) is 0 Å². The third-order valence-electron chi connectivity index (χ3n) is 6.32. The van der Waals surface area contributed by atoms with Gasteiger partial charge in [-0.15, -0.1) is 0 Å².